The number of rotatable bonds is 8. The molecule has 2 heterocycles. The second-order valence-electron chi connectivity index (χ2n) is 17.2. The average Bonchev–Trinajstić information content (AvgIpc) is 3.98. The van der Waals surface area contributed by atoms with Crippen molar-refractivity contribution in [2.24, 2.45) is 0 Å². The highest BCUT2D eigenvalue weighted by molar-refractivity contribution is 7.25. The van der Waals surface area contributed by atoms with E-state index < -0.39 is 0 Å². The van der Waals surface area contributed by atoms with Crippen molar-refractivity contribution < 1.29 is 4.42 Å². The van der Waals surface area contributed by atoms with Gasteiger partial charge < -0.3 is 9.32 Å². The molecule has 67 heavy (non-hydrogen) atoms. The molecule has 0 bridgehead atoms. The van der Waals surface area contributed by atoms with Crippen LogP contribution in [0.15, 0.2) is 253 Å². The van der Waals surface area contributed by atoms with E-state index in [2.05, 4.69) is 241 Å². The van der Waals surface area contributed by atoms with Crippen molar-refractivity contribution in [1.29, 1.82) is 0 Å². The van der Waals surface area contributed by atoms with Gasteiger partial charge in [0.2, 0.25) is 0 Å². The van der Waals surface area contributed by atoms with E-state index in [9.17, 15) is 0 Å². The number of hydrogen-bond acceptors (Lipinski definition) is 3. The maximum absolute atomic E-state index is 6.26. The van der Waals surface area contributed by atoms with Gasteiger partial charge in [-0.2, -0.15) is 0 Å². The number of anilines is 3. The molecule has 13 aromatic rings. The smallest absolute Gasteiger partial charge is 0.136 e. The molecule has 0 aliphatic heterocycles. The lowest BCUT2D eigenvalue weighted by Gasteiger charge is -2.26. The lowest BCUT2D eigenvalue weighted by Crippen LogP contribution is -2.09. The first-order valence-corrected chi connectivity index (χ1v) is 23.6. The van der Waals surface area contributed by atoms with Crippen LogP contribution in [0.4, 0.5) is 17.1 Å². The highest BCUT2D eigenvalue weighted by Gasteiger charge is 2.17. The highest BCUT2D eigenvalue weighted by atomic mass is 32.1. The molecule has 0 aliphatic rings. The van der Waals surface area contributed by atoms with Crippen molar-refractivity contribution in [3.05, 3.63) is 249 Å². The summed E-state index contributed by atoms with van der Waals surface area (Å²) < 4.78 is 8.89. The Morgan fingerprint density at radius 3 is 1.45 bits per heavy atom. The van der Waals surface area contributed by atoms with Crippen molar-refractivity contribution in [2.45, 2.75) is 0 Å². The second kappa shape index (κ2) is 16.2. The van der Waals surface area contributed by atoms with Crippen LogP contribution in [0.3, 0.4) is 0 Å². The van der Waals surface area contributed by atoms with Gasteiger partial charge in [-0.05, 0) is 139 Å². The van der Waals surface area contributed by atoms with Gasteiger partial charge in [-0.15, -0.1) is 11.3 Å². The third-order valence-corrected chi connectivity index (χ3v) is 14.4. The monoisotopic (exact) mass is 871 g/mol. The number of benzene rings is 11. The summed E-state index contributed by atoms with van der Waals surface area (Å²) in [6, 6.07) is 90.1. The molecule has 0 amide bonds. The first-order valence-electron chi connectivity index (χ1n) is 22.8. The molecule has 0 atom stereocenters. The fourth-order valence-electron chi connectivity index (χ4n) is 9.96. The van der Waals surface area contributed by atoms with Crippen LogP contribution in [0.1, 0.15) is 0 Å². The van der Waals surface area contributed by atoms with Gasteiger partial charge in [0.15, 0.2) is 0 Å². The fraction of sp³-hybridized carbons (Fsp3) is 0. The summed E-state index contributed by atoms with van der Waals surface area (Å²) in [4.78, 5) is 2.36. The van der Waals surface area contributed by atoms with Gasteiger partial charge in [0.1, 0.15) is 11.2 Å². The summed E-state index contributed by atoms with van der Waals surface area (Å²) in [7, 11) is 0. The maximum Gasteiger partial charge on any atom is 0.136 e. The number of nitrogens with zero attached hydrogens (tertiary/aromatic N) is 1. The molecule has 3 heteroatoms. The van der Waals surface area contributed by atoms with E-state index in [-0.39, 0.29) is 0 Å². The number of para-hydroxylation sites is 1. The number of thiophene rings is 1. The molecule has 0 unspecified atom stereocenters. The standard InChI is InChI=1S/C64H41NOS/c1-2-11-48-41-51(27-26-42(48)10-1)50-13-7-12-49(40-50)45-24-22-43(23-25-45)44-28-34-52(35-29-44)65(53-36-30-46(31-37-53)55-16-8-19-60-63(55)57-14-3-5-18-59(57)66-60)54-38-32-47(33-39-54)56-17-9-21-62-64(56)58-15-4-6-20-61(58)67-62/h1-41H. The van der Waals surface area contributed by atoms with Crippen molar-refractivity contribution >= 4 is 81.3 Å². The van der Waals surface area contributed by atoms with Gasteiger partial charge in [0.25, 0.3) is 0 Å². The van der Waals surface area contributed by atoms with Gasteiger partial charge in [0, 0.05) is 48.0 Å². The van der Waals surface area contributed by atoms with Crippen LogP contribution in [0.2, 0.25) is 0 Å². The Hall–Kier alpha value is -8.50. The Kier molecular flexibility index (Phi) is 9.40. The normalized spacial score (nSPS) is 11.6. The molecule has 11 aromatic carbocycles. The van der Waals surface area contributed by atoms with Gasteiger partial charge in [-0.3, -0.25) is 0 Å². The molecule has 0 N–H and O–H groups in total. The molecule has 0 radical (unpaired) electrons. The van der Waals surface area contributed by atoms with Crippen LogP contribution in [0.5, 0.6) is 0 Å². The lowest BCUT2D eigenvalue weighted by molar-refractivity contribution is 0.669. The second-order valence-corrected chi connectivity index (χ2v) is 18.3. The minimum Gasteiger partial charge on any atom is -0.456 e. The van der Waals surface area contributed by atoms with Crippen molar-refractivity contribution in [3.8, 4) is 55.6 Å². The van der Waals surface area contributed by atoms with E-state index in [0.717, 1.165) is 50.1 Å². The average molecular weight is 872 g/mol. The Morgan fingerprint density at radius 2 is 0.746 bits per heavy atom. The van der Waals surface area contributed by atoms with Crippen LogP contribution in [-0.2, 0) is 0 Å². The van der Waals surface area contributed by atoms with Gasteiger partial charge in [-0.25, -0.2) is 0 Å². The minimum atomic E-state index is 0.900. The molecule has 2 aromatic heterocycles. The zero-order valence-electron chi connectivity index (χ0n) is 36.4. The molecular formula is C64H41NOS. The summed E-state index contributed by atoms with van der Waals surface area (Å²) in [6.45, 7) is 0. The van der Waals surface area contributed by atoms with E-state index in [0.29, 0.717) is 0 Å². The maximum atomic E-state index is 6.26. The fourth-order valence-corrected chi connectivity index (χ4v) is 11.1. The van der Waals surface area contributed by atoms with E-state index >= 15 is 0 Å². The van der Waals surface area contributed by atoms with E-state index in [1.54, 1.807) is 0 Å². The molecule has 0 saturated heterocycles. The zero-order valence-corrected chi connectivity index (χ0v) is 37.3. The van der Waals surface area contributed by atoms with E-state index in [1.165, 1.54) is 75.5 Å². The summed E-state index contributed by atoms with van der Waals surface area (Å²) in [5, 5.41) is 7.42. The molecule has 0 saturated carbocycles. The summed E-state index contributed by atoms with van der Waals surface area (Å²) in [6.07, 6.45) is 0. The Morgan fingerprint density at radius 1 is 0.284 bits per heavy atom. The zero-order chi connectivity index (χ0) is 44.3. The van der Waals surface area contributed by atoms with Gasteiger partial charge >= 0.3 is 0 Å². The lowest BCUT2D eigenvalue weighted by atomic mass is 9.96. The quantitative estimate of drug-likeness (QED) is 0.151. The van der Waals surface area contributed by atoms with Gasteiger partial charge in [0.05, 0.1) is 0 Å². The Bertz CT molecular complexity index is 3800. The summed E-state index contributed by atoms with van der Waals surface area (Å²) in [5.74, 6) is 0. The van der Waals surface area contributed by atoms with Crippen molar-refractivity contribution in [1.82, 2.24) is 0 Å². The SMILES string of the molecule is c1cc(-c2ccc(-c3ccc(N(c4ccc(-c5cccc6oc7ccccc7c56)cc4)c4ccc(-c5cccc6sc7ccccc7c56)cc4)cc3)cc2)cc(-c2ccc3ccccc3c2)c1. The molecule has 13 rings (SSSR count). The van der Waals surface area contributed by atoms with E-state index in [4.69, 9.17) is 4.42 Å². The third-order valence-electron chi connectivity index (χ3n) is 13.3. The Balaban J connectivity index is 0.841. The summed E-state index contributed by atoms with van der Waals surface area (Å²) in [5.41, 5.74) is 17.0. The van der Waals surface area contributed by atoms with Crippen LogP contribution in [-0.4, -0.2) is 0 Å². The topological polar surface area (TPSA) is 16.4 Å². The van der Waals surface area contributed by atoms with Crippen LogP contribution in [0, 0.1) is 0 Å². The molecule has 0 spiro atoms. The predicted octanol–water partition coefficient (Wildman–Crippen LogP) is 18.9. The first kappa shape index (κ1) is 38.9. The predicted molar refractivity (Wildman–Crippen MR) is 286 cm³/mol. The minimum absolute atomic E-state index is 0.900. The largest absolute Gasteiger partial charge is 0.456 e. The van der Waals surface area contributed by atoms with Gasteiger partial charge in [-0.1, -0.05) is 176 Å². The Labute approximate surface area is 392 Å². The number of furan rings is 1. The molecule has 2 nitrogen and oxygen atoms in total. The van der Waals surface area contributed by atoms with Crippen LogP contribution in [0.25, 0.3) is 109 Å². The van der Waals surface area contributed by atoms with Crippen LogP contribution < -0.4 is 4.90 Å². The van der Waals surface area contributed by atoms with E-state index in [1.807, 2.05) is 23.5 Å². The third kappa shape index (κ3) is 6.96. The molecule has 0 aliphatic carbocycles. The van der Waals surface area contributed by atoms with Crippen molar-refractivity contribution in [2.75, 3.05) is 4.90 Å². The number of fused-ring (bicyclic) bond motifs is 7. The molecule has 0 fully saturated rings. The number of hydrogen-bond donors (Lipinski definition) is 0. The van der Waals surface area contributed by atoms with Crippen LogP contribution >= 0.6 is 11.3 Å². The first-order chi connectivity index (χ1) is 33.2. The summed E-state index contributed by atoms with van der Waals surface area (Å²) >= 11 is 1.86. The van der Waals surface area contributed by atoms with Crippen molar-refractivity contribution in [3.63, 3.8) is 0 Å². The highest BCUT2D eigenvalue weighted by Crippen LogP contribution is 2.43. The molecular weight excluding hydrogens is 831 g/mol. The molecule has 314 valence electrons.